The summed E-state index contributed by atoms with van der Waals surface area (Å²) >= 11 is 3.34. The zero-order valence-electron chi connectivity index (χ0n) is 16.6. The molecule has 3 rings (SSSR count). The van der Waals surface area contributed by atoms with Crippen LogP contribution in [0, 0.1) is 17.1 Å². The number of nitriles is 1. The van der Waals surface area contributed by atoms with Gasteiger partial charge in [0.15, 0.2) is 11.5 Å². The number of ether oxygens (including phenoxy) is 2. The Morgan fingerprint density at radius 1 is 1.13 bits per heavy atom. The number of benzene rings is 3. The van der Waals surface area contributed by atoms with E-state index in [1.165, 1.54) is 19.3 Å². The van der Waals surface area contributed by atoms with Gasteiger partial charge in [-0.25, -0.2) is 4.39 Å². The van der Waals surface area contributed by atoms with Gasteiger partial charge in [0.25, 0.3) is 5.91 Å². The minimum Gasteiger partial charge on any atom is -0.493 e. The van der Waals surface area contributed by atoms with Crippen LogP contribution in [0.2, 0.25) is 0 Å². The zero-order chi connectivity index (χ0) is 22.2. The molecule has 0 unspecified atom stereocenters. The molecule has 0 radical (unpaired) electrons. The van der Waals surface area contributed by atoms with Crippen molar-refractivity contribution in [3.8, 4) is 17.6 Å². The molecule has 0 saturated carbocycles. The number of hydrogen-bond donors (Lipinski definition) is 1. The lowest BCUT2D eigenvalue weighted by atomic mass is 10.1. The predicted molar refractivity (Wildman–Crippen MR) is 120 cm³/mol. The van der Waals surface area contributed by atoms with Crippen LogP contribution in [0.4, 0.5) is 10.1 Å². The van der Waals surface area contributed by atoms with Gasteiger partial charge in [-0.1, -0.05) is 46.3 Å². The minimum absolute atomic E-state index is 0.0384. The van der Waals surface area contributed by atoms with E-state index in [4.69, 9.17) is 9.47 Å². The lowest BCUT2D eigenvalue weighted by molar-refractivity contribution is -0.112. The Morgan fingerprint density at radius 3 is 2.65 bits per heavy atom. The number of nitrogens with one attached hydrogen (secondary N) is 1. The van der Waals surface area contributed by atoms with Crippen molar-refractivity contribution in [2.24, 2.45) is 0 Å². The van der Waals surface area contributed by atoms with Crippen LogP contribution >= 0.6 is 15.9 Å². The van der Waals surface area contributed by atoms with Gasteiger partial charge in [0.05, 0.1) is 7.11 Å². The van der Waals surface area contributed by atoms with Crippen LogP contribution in [0.3, 0.4) is 0 Å². The van der Waals surface area contributed by atoms with Crippen molar-refractivity contribution in [1.82, 2.24) is 0 Å². The molecule has 0 aliphatic rings. The normalized spacial score (nSPS) is 10.8. The smallest absolute Gasteiger partial charge is 0.266 e. The first-order valence-corrected chi connectivity index (χ1v) is 10.0. The van der Waals surface area contributed by atoms with Crippen molar-refractivity contribution >= 4 is 33.6 Å². The summed E-state index contributed by atoms with van der Waals surface area (Å²) in [5.74, 6) is -0.0645. The van der Waals surface area contributed by atoms with Crippen LogP contribution in [-0.2, 0) is 11.4 Å². The molecule has 0 bridgehead atoms. The maximum Gasteiger partial charge on any atom is 0.266 e. The van der Waals surface area contributed by atoms with Gasteiger partial charge in [-0.3, -0.25) is 4.79 Å². The van der Waals surface area contributed by atoms with Gasteiger partial charge >= 0.3 is 0 Å². The summed E-state index contributed by atoms with van der Waals surface area (Å²) in [7, 11) is 1.48. The van der Waals surface area contributed by atoms with Crippen molar-refractivity contribution in [2.45, 2.75) is 6.61 Å². The van der Waals surface area contributed by atoms with Crippen molar-refractivity contribution in [3.63, 3.8) is 0 Å². The highest BCUT2D eigenvalue weighted by Crippen LogP contribution is 2.30. The summed E-state index contributed by atoms with van der Waals surface area (Å²) in [5.41, 5.74) is 1.50. The molecule has 0 aliphatic carbocycles. The van der Waals surface area contributed by atoms with E-state index >= 15 is 0 Å². The Morgan fingerprint density at radius 2 is 1.94 bits per heavy atom. The Labute approximate surface area is 187 Å². The fraction of sp³-hybridized carbons (Fsp3) is 0.0833. The average Bonchev–Trinajstić information content (AvgIpc) is 2.77. The molecule has 3 aromatic carbocycles. The minimum atomic E-state index is -0.528. The van der Waals surface area contributed by atoms with Crippen LogP contribution in [0.25, 0.3) is 6.08 Å². The number of hydrogen-bond acceptors (Lipinski definition) is 4. The Hall–Kier alpha value is -3.63. The van der Waals surface area contributed by atoms with Gasteiger partial charge < -0.3 is 14.8 Å². The third-order valence-corrected chi connectivity index (χ3v) is 4.78. The SMILES string of the molecule is COc1cc(/C=C(/C#N)C(=O)Nc2cccc(Br)c2)ccc1OCc1ccccc1F. The van der Waals surface area contributed by atoms with Crippen LogP contribution in [0.1, 0.15) is 11.1 Å². The second-order valence-electron chi connectivity index (χ2n) is 6.42. The second kappa shape index (κ2) is 10.4. The second-order valence-corrected chi connectivity index (χ2v) is 7.34. The molecule has 0 fully saturated rings. The molecular weight excluding hydrogens is 463 g/mol. The van der Waals surface area contributed by atoms with Crippen molar-refractivity contribution in [2.75, 3.05) is 12.4 Å². The molecule has 1 N–H and O–H groups in total. The molecule has 0 heterocycles. The molecule has 7 heteroatoms. The number of nitrogens with zero attached hydrogens (tertiary/aromatic N) is 1. The zero-order valence-corrected chi connectivity index (χ0v) is 18.1. The third kappa shape index (κ3) is 5.93. The van der Waals surface area contributed by atoms with Crippen LogP contribution < -0.4 is 14.8 Å². The topological polar surface area (TPSA) is 71.3 Å². The highest BCUT2D eigenvalue weighted by atomic mass is 79.9. The molecule has 0 atom stereocenters. The fourth-order valence-corrected chi connectivity index (χ4v) is 3.14. The van der Waals surface area contributed by atoms with Crippen LogP contribution in [-0.4, -0.2) is 13.0 Å². The van der Waals surface area contributed by atoms with Gasteiger partial charge in [-0.05, 0) is 48.0 Å². The van der Waals surface area contributed by atoms with E-state index in [1.807, 2.05) is 12.1 Å². The first kappa shape index (κ1) is 22.1. The Balaban J connectivity index is 1.76. The van der Waals surface area contributed by atoms with E-state index in [9.17, 15) is 14.4 Å². The van der Waals surface area contributed by atoms with Gasteiger partial charge in [0, 0.05) is 15.7 Å². The quantitative estimate of drug-likeness (QED) is 0.346. The predicted octanol–water partition coefficient (Wildman–Crippen LogP) is 5.72. The number of carbonyl (C=O) groups is 1. The molecular formula is C24H18BrFN2O3. The number of anilines is 1. The molecule has 0 saturated heterocycles. The van der Waals surface area contributed by atoms with Gasteiger partial charge in [-0.2, -0.15) is 5.26 Å². The van der Waals surface area contributed by atoms with Crippen molar-refractivity contribution in [3.05, 3.63) is 93.7 Å². The summed E-state index contributed by atoms with van der Waals surface area (Å²) in [4.78, 5) is 12.5. The fourth-order valence-electron chi connectivity index (χ4n) is 2.74. The molecule has 3 aromatic rings. The van der Waals surface area contributed by atoms with E-state index < -0.39 is 5.91 Å². The van der Waals surface area contributed by atoms with E-state index in [-0.39, 0.29) is 18.0 Å². The van der Waals surface area contributed by atoms with Gasteiger partial charge in [-0.15, -0.1) is 0 Å². The summed E-state index contributed by atoms with van der Waals surface area (Å²) in [6.45, 7) is 0.0384. The summed E-state index contributed by atoms with van der Waals surface area (Å²) in [6, 6.07) is 20.3. The van der Waals surface area contributed by atoms with Crippen molar-refractivity contribution < 1.29 is 18.7 Å². The Bertz CT molecular complexity index is 1170. The highest BCUT2D eigenvalue weighted by Gasteiger charge is 2.12. The van der Waals surface area contributed by atoms with E-state index in [0.29, 0.717) is 28.3 Å². The lowest BCUT2D eigenvalue weighted by Crippen LogP contribution is -2.13. The number of amides is 1. The van der Waals surface area contributed by atoms with Crippen LogP contribution in [0.15, 0.2) is 76.8 Å². The van der Waals surface area contributed by atoms with E-state index in [2.05, 4.69) is 21.2 Å². The molecule has 5 nitrogen and oxygen atoms in total. The first-order chi connectivity index (χ1) is 15.0. The first-order valence-electron chi connectivity index (χ1n) is 9.23. The molecule has 156 valence electrons. The van der Waals surface area contributed by atoms with E-state index in [1.54, 1.807) is 54.6 Å². The number of halogens is 2. The van der Waals surface area contributed by atoms with Crippen LogP contribution in [0.5, 0.6) is 11.5 Å². The molecule has 0 aliphatic heterocycles. The number of methoxy groups -OCH3 is 1. The lowest BCUT2D eigenvalue weighted by Gasteiger charge is -2.12. The number of carbonyl (C=O) groups excluding carboxylic acids is 1. The maximum atomic E-state index is 13.8. The van der Waals surface area contributed by atoms with Crippen molar-refractivity contribution in [1.29, 1.82) is 5.26 Å². The molecule has 1 amide bonds. The largest absolute Gasteiger partial charge is 0.493 e. The Kier molecular flexibility index (Phi) is 7.41. The monoisotopic (exact) mass is 480 g/mol. The third-order valence-electron chi connectivity index (χ3n) is 4.29. The highest BCUT2D eigenvalue weighted by molar-refractivity contribution is 9.10. The number of rotatable bonds is 7. The molecule has 31 heavy (non-hydrogen) atoms. The molecule has 0 spiro atoms. The standard InChI is InChI=1S/C24H18BrFN2O3/c1-30-23-12-16(9-10-22(23)31-15-17-5-2-3-8-21(17)26)11-18(14-27)24(29)28-20-7-4-6-19(25)13-20/h2-13H,15H2,1H3,(H,28,29)/b18-11-. The summed E-state index contributed by atoms with van der Waals surface area (Å²) in [5, 5.41) is 12.1. The van der Waals surface area contributed by atoms with Gasteiger partial charge in [0.1, 0.15) is 24.1 Å². The van der Waals surface area contributed by atoms with Gasteiger partial charge in [0.2, 0.25) is 0 Å². The molecule has 0 aromatic heterocycles. The average molecular weight is 481 g/mol. The summed E-state index contributed by atoms with van der Waals surface area (Å²) < 4.78 is 25.6. The maximum absolute atomic E-state index is 13.8. The van der Waals surface area contributed by atoms with E-state index in [0.717, 1.165) is 4.47 Å². The summed E-state index contributed by atoms with van der Waals surface area (Å²) in [6.07, 6.45) is 1.45.